The van der Waals surface area contributed by atoms with E-state index in [1.54, 1.807) is 4.57 Å². The van der Waals surface area contributed by atoms with Crippen molar-refractivity contribution in [2.45, 2.75) is 13.0 Å². The molecule has 0 aliphatic carbocycles. The van der Waals surface area contributed by atoms with Crippen LogP contribution in [0.3, 0.4) is 0 Å². The maximum absolute atomic E-state index is 10.7. The highest BCUT2D eigenvalue weighted by atomic mass is 16.6. The Hall–Kier alpha value is -3.48. The number of hydrogen-bond donors (Lipinski definition) is 1. The summed E-state index contributed by atoms with van der Waals surface area (Å²) >= 11 is 0. The summed E-state index contributed by atoms with van der Waals surface area (Å²) in [4.78, 5) is 18.7. The molecule has 0 unspecified atom stereocenters. The molecule has 0 radical (unpaired) electrons. The van der Waals surface area contributed by atoms with E-state index in [4.69, 9.17) is 4.98 Å². The molecule has 0 aliphatic rings. The molecule has 7 nitrogen and oxygen atoms in total. The summed E-state index contributed by atoms with van der Waals surface area (Å²) in [6.45, 7) is 1.40. The predicted octanol–water partition coefficient (Wildman–Crippen LogP) is 3.99. The van der Waals surface area contributed by atoms with Gasteiger partial charge in [0.15, 0.2) is 0 Å². The molecule has 1 N–H and O–H groups in total. The monoisotopic (exact) mass is 347 g/mol. The Kier molecular flexibility index (Phi) is 4.18. The first-order valence-corrected chi connectivity index (χ1v) is 8.40. The Bertz CT molecular complexity index is 1040. The Balaban J connectivity index is 1.53. The number of para-hydroxylation sites is 2. The van der Waals surface area contributed by atoms with E-state index in [0.29, 0.717) is 6.54 Å². The van der Waals surface area contributed by atoms with Crippen LogP contribution in [0.25, 0.3) is 21.8 Å². The summed E-state index contributed by atoms with van der Waals surface area (Å²) in [6, 6.07) is 16.1. The average molecular weight is 347 g/mol. The van der Waals surface area contributed by atoms with Gasteiger partial charge >= 0.3 is 5.82 Å². The molecular formula is C19H17N5O2. The van der Waals surface area contributed by atoms with Crippen molar-refractivity contribution in [3.05, 3.63) is 71.2 Å². The molecule has 2 aromatic heterocycles. The highest BCUT2D eigenvalue weighted by Gasteiger charge is 2.10. The third-order valence-electron chi connectivity index (χ3n) is 4.29. The van der Waals surface area contributed by atoms with Gasteiger partial charge in [-0.3, -0.25) is 0 Å². The summed E-state index contributed by atoms with van der Waals surface area (Å²) in [6.07, 6.45) is 3.77. The number of rotatable bonds is 6. The number of nitro groups is 1. The van der Waals surface area contributed by atoms with Crippen LogP contribution in [-0.4, -0.2) is 26.0 Å². The molecule has 0 saturated heterocycles. The van der Waals surface area contributed by atoms with Crippen molar-refractivity contribution in [3.8, 4) is 0 Å². The van der Waals surface area contributed by atoms with Gasteiger partial charge in [-0.1, -0.05) is 36.4 Å². The van der Waals surface area contributed by atoms with Gasteiger partial charge in [-0.15, -0.1) is 0 Å². The highest BCUT2D eigenvalue weighted by Crippen LogP contribution is 2.30. The Morgan fingerprint density at radius 3 is 2.31 bits per heavy atom. The van der Waals surface area contributed by atoms with E-state index in [1.165, 1.54) is 12.5 Å². The molecule has 0 aliphatic heterocycles. The minimum atomic E-state index is -0.482. The fourth-order valence-corrected chi connectivity index (χ4v) is 3.07. The quantitative estimate of drug-likeness (QED) is 0.247. The average Bonchev–Trinajstić information content (AvgIpc) is 3.13. The zero-order chi connectivity index (χ0) is 17.9. The number of benzene rings is 2. The fraction of sp³-hybridized carbons (Fsp3) is 0.158. The van der Waals surface area contributed by atoms with Crippen LogP contribution in [0.2, 0.25) is 0 Å². The summed E-state index contributed by atoms with van der Waals surface area (Å²) in [5.74, 6) is -0.121. The van der Waals surface area contributed by atoms with E-state index >= 15 is 0 Å². The van der Waals surface area contributed by atoms with Crippen LogP contribution < -0.4 is 5.32 Å². The zero-order valence-electron chi connectivity index (χ0n) is 14.0. The van der Waals surface area contributed by atoms with Gasteiger partial charge in [0.05, 0.1) is 16.7 Å². The molecule has 4 rings (SSSR count). The first kappa shape index (κ1) is 16.0. The minimum Gasteiger partial charge on any atom is -0.384 e. The lowest BCUT2D eigenvalue weighted by Gasteiger charge is -2.13. The van der Waals surface area contributed by atoms with Gasteiger partial charge in [0.1, 0.15) is 6.20 Å². The van der Waals surface area contributed by atoms with Crippen LogP contribution >= 0.6 is 0 Å². The van der Waals surface area contributed by atoms with Crippen LogP contribution in [-0.2, 0) is 6.54 Å². The van der Waals surface area contributed by atoms with Crippen molar-refractivity contribution < 1.29 is 4.92 Å². The standard InChI is InChI=1S/C19H17N5O2/c25-24(26)18-12-23(13-21-18)11-5-10-20-19-14-6-1-3-8-16(14)22-17-9-4-2-7-15(17)19/h1-4,6-9,12-13H,5,10-11H2,(H,20,22). The van der Waals surface area contributed by atoms with Crippen molar-refractivity contribution in [1.29, 1.82) is 0 Å². The van der Waals surface area contributed by atoms with Crippen molar-refractivity contribution >= 4 is 33.3 Å². The van der Waals surface area contributed by atoms with Crippen molar-refractivity contribution in [3.63, 3.8) is 0 Å². The largest absolute Gasteiger partial charge is 0.384 e. The molecule has 0 amide bonds. The second kappa shape index (κ2) is 6.79. The topological polar surface area (TPSA) is 85.9 Å². The second-order valence-electron chi connectivity index (χ2n) is 6.03. The number of aryl methyl sites for hydroxylation is 1. The number of imidazole rings is 1. The third-order valence-corrected chi connectivity index (χ3v) is 4.29. The van der Waals surface area contributed by atoms with Gasteiger partial charge in [0, 0.05) is 23.9 Å². The maximum atomic E-state index is 10.7. The van der Waals surface area contributed by atoms with Gasteiger partial charge < -0.3 is 20.0 Å². The number of nitrogens with one attached hydrogen (secondary N) is 1. The summed E-state index contributed by atoms with van der Waals surface area (Å²) in [5, 5.41) is 16.4. The van der Waals surface area contributed by atoms with Gasteiger partial charge in [-0.05, 0) is 28.5 Å². The Labute approximate surface area is 149 Å². The first-order chi connectivity index (χ1) is 12.7. The molecule has 0 saturated carbocycles. The Morgan fingerprint density at radius 2 is 1.69 bits per heavy atom. The second-order valence-corrected chi connectivity index (χ2v) is 6.03. The van der Waals surface area contributed by atoms with Crippen LogP contribution in [0.4, 0.5) is 11.5 Å². The Morgan fingerprint density at radius 1 is 1.04 bits per heavy atom. The number of hydrogen-bond acceptors (Lipinski definition) is 5. The number of pyridine rings is 1. The molecule has 26 heavy (non-hydrogen) atoms. The normalized spacial score (nSPS) is 11.1. The molecule has 0 fully saturated rings. The van der Waals surface area contributed by atoms with Gasteiger partial charge in [-0.25, -0.2) is 4.98 Å². The van der Waals surface area contributed by atoms with E-state index in [9.17, 15) is 10.1 Å². The van der Waals surface area contributed by atoms with E-state index in [0.717, 1.165) is 40.5 Å². The summed E-state index contributed by atoms with van der Waals surface area (Å²) in [7, 11) is 0. The molecular weight excluding hydrogens is 330 g/mol. The molecule has 2 heterocycles. The summed E-state index contributed by atoms with van der Waals surface area (Å²) in [5.41, 5.74) is 2.99. The van der Waals surface area contributed by atoms with E-state index < -0.39 is 4.92 Å². The molecule has 0 bridgehead atoms. The van der Waals surface area contributed by atoms with Crippen molar-refractivity contribution in [2.75, 3.05) is 11.9 Å². The molecule has 4 aromatic rings. The van der Waals surface area contributed by atoms with Crippen molar-refractivity contribution in [1.82, 2.24) is 14.5 Å². The van der Waals surface area contributed by atoms with Crippen LogP contribution in [0.5, 0.6) is 0 Å². The minimum absolute atomic E-state index is 0.121. The van der Waals surface area contributed by atoms with E-state index in [1.807, 2.05) is 36.4 Å². The molecule has 0 spiro atoms. The zero-order valence-corrected chi connectivity index (χ0v) is 14.0. The van der Waals surface area contributed by atoms with Crippen LogP contribution in [0.1, 0.15) is 6.42 Å². The number of nitrogens with zero attached hydrogens (tertiary/aromatic N) is 4. The lowest BCUT2D eigenvalue weighted by Crippen LogP contribution is -2.07. The molecule has 130 valence electrons. The predicted molar refractivity (Wildman–Crippen MR) is 101 cm³/mol. The van der Waals surface area contributed by atoms with Gasteiger partial charge in [-0.2, -0.15) is 0 Å². The maximum Gasteiger partial charge on any atom is 0.381 e. The smallest absolute Gasteiger partial charge is 0.381 e. The first-order valence-electron chi connectivity index (χ1n) is 8.40. The number of fused-ring (bicyclic) bond motifs is 2. The van der Waals surface area contributed by atoms with Gasteiger partial charge in [0.25, 0.3) is 0 Å². The summed E-state index contributed by atoms with van der Waals surface area (Å²) < 4.78 is 1.74. The number of anilines is 1. The molecule has 7 heteroatoms. The molecule has 0 atom stereocenters. The number of aromatic nitrogens is 3. The highest BCUT2D eigenvalue weighted by molar-refractivity contribution is 6.07. The van der Waals surface area contributed by atoms with Crippen LogP contribution in [0, 0.1) is 10.1 Å². The third kappa shape index (κ3) is 3.06. The molecule has 2 aromatic carbocycles. The fourth-order valence-electron chi connectivity index (χ4n) is 3.07. The lowest BCUT2D eigenvalue weighted by molar-refractivity contribution is -0.389. The SMILES string of the molecule is O=[N+]([O-])c1cn(CCCNc2c3ccccc3nc3ccccc23)cn1. The van der Waals surface area contributed by atoms with E-state index in [-0.39, 0.29) is 5.82 Å². The van der Waals surface area contributed by atoms with Crippen LogP contribution in [0.15, 0.2) is 61.1 Å². The lowest BCUT2D eigenvalue weighted by atomic mass is 10.1. The van der Waals surface area contributed by atoms with Gasteiger partial charge in [0.2, 0.25) is 6.33 Å². The van der Waals surface area contributed by atoms with Crippen molar-refractivity contribution in [2.24, 2.45) is 0 Å². The van der Waals surface area contributed by atoms with E-state index in [2.05, 4.69) is 22.4 Å².